The molecule has 3 amide bonds. The van der Waals surface area contributed by atoms with Crippen LogP contribution < -0.4 is 0 Å². The Labute approximate surface area is 158 Å². The van der Waals surface area contributed by atoms with E-state index in [1.807, 2.05) is 18.7 Å². The maximum Gasteiger partial charge on any atom is 0.312 e. The summed E-state index contributed by atoms with van der Waals surface area (Å²) in [6.45, 7) is 6.29. The number of halogens is 1. The summed E-state index contributed by atoms with van der Waals surface area (Å²) in [5, 5.41) is 0. The van der Waals surface area contributed by atoms with Crippen molar-refractivity contribution in [1.29, 1.82) is 0 Å². The van der Waals surface area contributed by atoms with Crippen LogP contribution in [0.15, 0.2) is 24.3 Å². The smallest absolute Gasteiger partial charge is 0.312 e. The highest BCUT2D eigenvalue weighted by Gasteiger charge is 2.38. The number of carbonyl (C=O) groups excluding carboxylic acids is 3. The Morgan fingerprint density at radius 1 is 1.04 bits per heavy atom. The van der Waals surface area contributed by atoms with Gasteiger partial charge < -0.3 is 14.7 Å². The molecule has 0 unspecified atom stereocenters. The lowest BCUT2D eigenvalue weighted by atomic mass is 10.0. The second kappa shape index (κ2) is 8.06. The molecule has 6 nitrogen and oxygen atoms in total. The van der Waals surface area contributed by atoms with Gasteiger partial charge in [-0.3, -0.25) is 14.4 Å². The highest BCUT2D eigenvalue weighted by molar-refractivity contribution is 6.35. The third kappa shape index (κ3) is 4.28. The molecule has 1 aromatic carbocycles. The molecule has 2 fully saturated rings. The fraction of sp³-hybridized carbons (Fsp3) is 0.550. The van der Waals surface area contributed by atoms with Gasteiger partial charge in [0, 0.05) is 44.7 Å². The minimum atomic E-state index is -0.508. The molecule has 2 aliphatic heterocycles. The first-order chi connectivity index (χ1) is 12.9. The van der Waals surface area contributed by atoms with Crippen LogP contribution in [-0.2, 0) is 20.9 Å². The van der Waals surface area contributed by atoms with Gasteiger partial charge in [0.1, 0.15) is 5.82 Å². The monoisotopic (exact) mass is 375 g/mol. The van der Waals surface area contributed by atoms with Crippen molar-refractivity contribution in [3.05, 3.63) is 35.6 Å². The highest BCUT2D eigenvalue weighted by Crippen LogP contribution is 2.21. The summed E-state index contributed by atoms with van der Waals surface area (Å²) in [6, 6.07) is 5.96. The molecule has 27 heavy (non-hydrogen) atoms. The summed E-state index contributed by atoms with van der Waals surface area (Å²) in [5.74, 6) is -1.20. The van der Waals surface area contributed by atoms with Gasteiger partial charge >= 0.3 is 11.8 Å². The molecule has 0 aliphatic carbocycles. The van der Waals surface area contributed by atoms with E-state index in [1.165, 1.54) is 17.0 Å². The molecule has 0 radical (unpaired) electrons. The summed E-state index contributed by atoms with van der Waals surface area (Å²) >= 11 is 0. The molecule has 0 bridgehead atoms. The molecule has 146 valence electrons. The molecule has 1 aromatic rings. The van der Waals surface area contributed by atoms with Crippen LogP contribution in [0.4, 0.5) is 4.39 Å². The van der Waals surface area contributed by atoms with Gasteiger partial charge in [-0.1, -0.05) is 26.0 Å². The third-order valence-electron chi connectivity index (χ3n) is 5.34. The van der Waals surface area contributed by atoms with Crippen molar-refractivity contribution in [3.63, 3.8) is 0 Å². The standard InChI is InChI=1S/C20H26FN3O3/c1-14(2)18(25)22-9-7-17(8-10-22)24-12-11-23(19(26)20(24)27)13-15-3-5-16(21)6-4-15/h3-6,14,17H,7-13H2,1-2H3. The number of benzene rings is 1. The summed E-state index contributed by atoms with van der Waals surface area (Å²) < 4.78 is 13.0. The molecule has 0 atom stereocenters. The molecule has 2 heterocycles. The van der Waals surface area contributed by atoms with E-state index in [1.54, 1.807) is 17.0 Å². The van der Waals surface area contributed by atoms with E-state index < -0.39 is 11.8 Å². The van der Waals surface area contributed by atoms with Gasteiger partial charge in [0.05, 0.1) is 0 Å². The number of amides is 3. The number of hydrogen-bond donors (Lipinski definition) is 0. The molecule has 0 saturated carbocycles. The van der Waals surface area contributed by atoms with Crippen molar-refractivity contribution in [2.45, 2.75) is 39.3 Å². The first-order valence-electron chi connectivity index (χ1n) is 9.50. The Bertz CT molecular complexity index is 712. The molecule has 0 aromatic heterocycles. The molecular weight excluding hydrogens is 349 g/mol. The van der Waals surface area contributed by atoms with Crippen LogP contribution in [0.2, 0.25) is 0 Å². The van der Waals surface area contributed by atoms with E-state index in [2.05, 4.69) is 0 Å². The van der Waals surface area contributed by atoms with Crippen molar-refractivity contribution in [3.8, 4) is 0 Å². The summed E-state index contributed by atoms with van der Waals surface area (Å²) in [7, 11) is 0. The Morgan fingerprint density at radius 2 is 1.67 bits per heavy atom. The first kappa shape index (κ1) is 19.3. The second-order valence-corrected chi connectivity index (χ2v) is 7.56. The van der Waals surface area contributed by atoms with Crippen LogP contribution in [0.5, 0.6) is 0 Å². The van der Waals surface area contributed by atoms with Crippen LogP contribution in [0.3, 0.4) is 0 Å². The topological polar surface area (TPSA) is 60.9 Å². The minimum absolute atomic E-state index is 0.00522. The minimum Gasteiger partial charge on any atom is -0.342 e. The fourth-order valence-corrected chi connectivity index (χ4v) is 3.76. The van der Waals surface area contributed by atoms with E-state index in [4.69, 9.17) is 0 Å². The molecule has 3 rings (SSSR count). The van der Waals surface area contributed by atoms with Crippen molar-refractivity contribution in [1.82, 2.24) is 14.7 Å². The van der Waals surface area contributed by atoms with Crippen molar-refractivity contribution in [2.24, 2.45) is 5.92 Å². The Morgan fingerprint density at radius 3 is 2.26 bits per heavy atom. The van der Waals surface area contributed by atoms with Crippen LogP contribution in [0.1, 0.15) is 32.3 Å². The van der Waals surface area contributed by atoms with E-state index >= 15 is 0 Å². The first-order valence-corrected chi connectivity index (χ1v) is 9.50. The molecule has 0 spiro atoms. The maximum atomic E-state index is 13.0. The lowest BCUT2D eigenvalue weighted by Gasteiger charge is -2.42. The zero-order chi connectivity index (χ0) is 19.6. The number of carbonyl (C=O) groups is 3. The van der Waals surface area contributed by atoms with Crippen molar-refractivity contribution >= 4 is 17.7 Å². The number of likely N-dealkylation sites (tertiary alicyclic amines) is 1. The number of rotatable bonds is 4. The van der Waals surface area contributed by atoms with Gasteiger partial charge in [-0.2, -0.15) is 0 Å². The third-order valence-corrected chi connectivity index (χ3v) is 5.34. The van der Waals surface area contributed by atoms with E-state index in [-0.39, 0.29) is 23.7 Å². The summed E-state index contributed by atoms with van der Waals surface area (Å²) in [6.07, 6.45) is 1.41. The molecule has 2 aliphatic rings. The normalized spacial score (nSPS) is 19.2. The van der Waals surface area contributed by atoms with Gasteiger partial charge in [-0.05, 0) is 30.5 Å². The van der Waals surface area contributed by atoms with Crippen LogP contribution in [-0.4, -0.2) is 64.6 Å². The lowest BCUT2D eigenvalue weighted by molar-refractivity contribution is -0.159. The van der Waals surface area contributed by atoms with Gasteiger partial charge in [-0.15, -0.1) is 0 Å². The number of hydrogen-bond acceptors (Lipinski definition) is 3. The lowest BCUT2D eigenvalue weighted by Crippen LogP contribution is -2.59. The molecular formula is C20H26FN3O3. The predicted octanol–water partition coefficient (Wildman–Crippen LogP) is 1.64. The SMILES string of the molecule is CC(C)C(=O)N1CCC(N2CCN(Cc3ccc(F)cc3)C(=O)C2=O)CC1. The molecule has 7 heteroatoms. The van der Waals surface area contributed by atoms with Gasteiger partial charge in [0.25, 0.3) is 0 Å². The summed E-state index contributed by atoms with van der Waals surface area (Å²) in [4.78, 5) is 42.2. The van der Waals surface area contributed by atoms with Gasteiger partial charge in [0.2, 0.25) is 5.91 Å². The van der Waals surface area contributed by atoms with Crippen molar-refractivity contribution in [2.75, 3.05) is 26.2 Å². The van der Waals surface area contributed by atoms with E-state index in [0.29, 0.717) is 45.6 Å². The zero-order valence-electron chi connectivity index (χ0n) is 15.9. The van der Waals surface area contributed by atoms with Crippen molar-refractivity contribution < 1.29 is 18.8 Å². The summed E-state index contributed by atoms with van der Waals surface area (Å²) in [5.41, 5.74) is 0.798. The number of piperidine rings is 1. The zero-order valence-corrected chi connectivity index (χ0v) is 15.9. The Balaban J connectivity index is 1.56. The van der Waals surface area contributed by atoms with Gasteiger partial charge in [-0.25, -0.2) is 4.39 Å². The van der Waals surface area contributed by atoms with Crippen LogP contribution in [0, 0.1) is 11.7 Å². The Kier molecular flexibility index (Phi) is 5.77. The second-order valence-electron chi connectivity index (χ2n) is 7.56. The highest BCUT2D eigenvalue weighted by atomic mass is 19.1. The Hall–Kier alpha value is -2.44. The number of nitrogens with zero attached hydrogens (tertiary/aromatic N) is 3. The maximum absolute atomic E-state index is 13.0. The molecule has 2 saturated heterocycles. The van der Waals surface area contributed by atoms with E-state index in [9.17, 15) is 18.8 Å². The number of piperazine rings is 1. The quantitative estimate of drug-likeness (QED) is 0.752. The van der Waals surface area contributed by atoms with Crippen LogP contribution >= 0.6 is 0 Å². The van der Waals surface area contributed by atoms with E-state index in [0.717, 1.165) is 5.56 Å². The average molecular weight is 375 g/mol. The fourth-order valence-electron chi connectivity index (χ4n) is 3.76. The largest absolute Gasteiger partial charge is 0.342 e. The average Bonchev–Trinajstić information content (AvgIpc) is 2.67. The predicted molar refractivity (Wildman–Crippen MR) is 98.0 cm³/mol. The molecule has 0 N–H and O–H groups in total. The van der Waals surface area contributed by atoms with Crippen LogP contribution in [0.25, 0.3) is 0 Å². The van der Waals surface area contributed by atoms with Gasteiger partial charge in [0.15, 0.2) is 0 Å².